The summed E-state index contributed by atoms with van der Waals surface area (Å²) in [5.41, 5.74) is 1.66. The summed E-state index contributed by atoms with van der Waals surface area (Å²) in [5.74, 6) is 0.649. The first-order chi connectivity index (χ1) is 11.3. The quantitative estimate of drug-likeness (QED) is 0.602. The molecule has 124 valence electrons. The molecule has 0 amide bonds. The molecule has 0 aliphatic rings. The van der Waals surface area contributed by atoms with Crippen molar-refractivity contribution in [2.45, 2.75) is 12.6 Å². The number of nitrogens with one attached hydrogen (secondary N) is 1. The van der Waals surface area contributed by atoms with Crippen LogP contribution in [-0.4, -0.2) is 9.97 Å². The average Bonchev–Trinajstić information content (AvgIpc) is 2.98. The standard InChI is InChI=1S/C17H11Cl2F3N2/c18-13-6-3-11(8-14(13)19)15-9-23-16(24-15)7-10-1-4-12(5-2-10)17(20,21)22/h1-6,8-9H,7H2,(H,23,24). The molecular weight excluding hydrogens is 360 g/mol. The molecule has 24 heavy (non-hydrogen) atoms. The Hall–Kier alpha value is -1.98. The number of hydrogen-bond acceptors (Lipinski definition) is 1. The van der Waals surface area contributed by atoms with Gasteiger partial charge in [0.25, 0.3) is 0 Å². The lowest BCUT2D eigenvalue weighted by Gasteiger charge is -2.07. The number of nitrogens with zero attached hydrogens (tertiary/aromatic N) is 1. The molecule has 0 fully saturated rings. The highest BCUT2D eigenvalue weighted by molar-refractivity contribution is 6.42. The molecule has 0 unspecified atom stereocenters. The molecule has 1 N–H and O–H groups in total. The van der Waals surface area contributed by atoms with Crippen molar-refractivity contribution in [3.8, 4) is 11.3 Å². The van der Waals surface area contributed by atoms with Gasteiger partial charge < -0.3 is 4.98 Å². The van der Waals surface area contributed by atoms with E-state index in [1.165, 1.54) is 12.1 Å². The van der Waals surface area contributed by atoms with Crippen LogP contribution in [0.1, 0.15) is 17.0 Å². The lowest BCUT2D eigenvalue weighted by atomic mass is 10.1. The van der Waals surface area contributed by atoms with Crippen molar-refractivity contribution in [3.63, 3.8) is 0 Å². The average molecular weight is 371 g/mol. The maximum atomic E-state index is 12.6. The highest BCUT2D eigenvalue weighted by Crippen LogP contribution is 2.30. The number of alkyl halides is 3. The van der Waals surface area contributed by atoms with Crippen molar-refractivity contribution >= 4 is 23.2 Å². The van der Waals surface area contributed by atoms with Gasteiger partial charge in [-0.2, -0.15) is 13.2 Å². The van der Waals surface area contributed by atoms with E-state index in [9.17, 15) is 13.2 Å². The van der Waals surface area contributed by atoms with Crippen LogP contribution in [0.5, 0.6) is 0 Å². The van der Waals surface area contributed by atoms with E-state index in [4.69, 9.17) is 23.2 Å². The fourth-order valence-corrected chi connectivity index (χ4v) is 2.57. The van der Waals surface area contributed by atoms with Gasteiger partial charge in [-0.05, 0) is 29.8 Å². The van der Waals surface area contributed by atoms with E-state index in [-0.39, 0.29) is 0 Å². The fraction of sp³-hybridized carbons (Fsp3) is 0.118. The molecule has 1 heterocycles. The summed E-state index contributed by atoms with van der Waals surface area (Å²) < 4.78 is 37.7. The Morgan fingerprint density at radius 2 is 1.67 bits per heavy atom. The summed E-state index contributed by atoms with van der Waals surface area (Å²) in [6.07, 6.45) is -2.28. The molecule has 1 aromatic heterocycles. The normalized spacial score (nSPS) is 11.7. The van der Waals surface area contributed by atoms with Crippen molar-refractivity contribution < 1.29 is 13.2 Å². The molecule has 0 saturated carbocycles. The molecule has 0 radical (unpaired) electrons. The second-order valence-electron chi connectivity index (χ2n) is 5.24. The van der Waals surface area contributed by atoms with E-state index >= 15 is 0 Å². The SMILES string of the molecule is FC(F)(F)c1ccc(Cc2ncc(-c3ccc(Cl)c(Cl)c3)[nH]2)cc1. The molecule has 0 aliphatic carbocycles. The van der Waals surface area contributed by atoms with Crippen LogP contribution in [0, 0.1) is 0 Å². The summed E-state index contributed by atoms with van der Waals surface area (Å²) in [7, 11) is 0. The van der Waals surface area contributed by atoms with E-state index in [2.05, 4.69) is 9.97 Å². The minimum absolute atomic E-state index is 0.402. The van der Waals surface area contributed by atoms with E-state index in [0.29, 0.717) is 22.3 Å². The Labute approximate surface area is 146 Å². The zero-order valence-electron chi connectivity index (χ0n) is 12.2. The Kier molecular flexibility index (Phi) is 4.56. The van der Waals surface area contributed by atoms with Crippen LogP contribution in [0.2, 0.25) is 10.0 Å². The lowest BCUT2D eigenvalue weighted by Crippen LogP contribution is -2.04. The second-order valence-corrected chi connectivity index (χ2v) is 6.06. The number of H-pyrrole nitrogens is 1. The first-order valence-corrected chi connectivity index (χ1v) is 7.74. The van der Waals surface area contributed by atoms with Crippen LogP contribution >= 0.6 is 23.2 Å². The molecule has 0 aliphatic heterocycles. The molecule has 0 spiro atoms. The third-order valence-corrected chi connectivity index (χ3v) is 4.25. The Morgan fingerprint density at radius 3 is 2.29 bits per heavy atom. The molecule has 2 aromatic carbocycles. The van der Waals surface area contributed by atoms with E-state index in [0.717, 1.165) is 29.0 Å². The predicted octanol–water partition coefficient (Wildman–Crippen LogP) is 5.99. The van der Waals surface area contributed by atoms with E-state index < -0.39 is 11.7 Å². The molecule has 2 nitrogen and oxygen atoms in total. The first kappa shape index (κ1) is 16.9. The molecule has 0 atom stereocenters. The van der Waals surface area contributed by atoms with Gasteiger partial charge in [0.1, 0.15) is 5.82 Å². The van der Waals surface area contributed by atoms with Gasteiger partial charge in [-0.15, -0.1) is 0 Å². The zero-order valence-corrected chi connectivity index (χ0v) is 13.7. The summed E-state index contributed by atoms with van der Waals surface area (Å²) in [4.78, 5) is 7.39. The minimum Gasteiger partial charge on any atom is -0.342 e. The van der Waals surface area contributed by atoms with Crippen molar-refractivity contribution in [2.24, 2.45) is 0 Å². The smallest absolute Gasteiger partial charge is 0.342 e. The molecule has 3 aromatic rings. The van der Waals surface area contributed by atoms with Crippen LogP contribution < -0.4 is 0 Å². The highest BCUT2D eigenvalue weighted by atomic mass is 35.5. The third kappa shape index (κ3) is 3.74. The van der Waals surface area contributed by atoms with Crippen LogP contribution in [0.25, 0.3) is 11.3 Å². The number of benzene rings is 2. The number of imidazole rings is 1. The van der Waals surface area contributed by atoms with Crippen molar-refractivity contribution in [1.82, 2.24) is 9.97 Å². The summed E-state index contributed by atoms with van der Waals surface area (Å²) in [6, 6.07) is 10.3. The van der Waals surface area contributed by atoms with E-state index in [1.807, 2.05) is 6.07 Å². The zero-order chi connectivity index (χ0) is 17.3. The summed E-state index contributed by atoms with van der Waals surface area (Å²) in [5, 5.41) is 0.901. The third-order valence-electron chi connectivity index (χ3n) is 3.51. The maximum absolute atomic E-state index is 12.6. The molecular formula is C17H11Cl2F3N2. The fourth-order valence-electron chi connectivity index (χ4n) is 2.27. The van der Waals surface area contributed by atoms with Gasteiger partial charge in [0.2, 0.25) is 0 Å². The van der Waals surface area contributed by atoms with Crippen LogP contribution in [0.3, 0.4) is 0 Å². The largest absolute Gasteiger partial charge is 0.416 e. The predicted molar refractivity (Wildman–Crippen MR) is 88.3 cm³/mol. The number of aromatic amines is 1. The summed E-state index contributed by atoms with van der Waals surface area (Å²) in [6.45, 7) is 0. The van der Waals surface area contributed by atoms with Crippen molar-refractivity contribution in [2.75, 3.05) is 0 Å². The molecule has 3 rings (SSSR count). The highest BCUT2D eigenvalue weighted by Gasteiger charge is 2.29. The Morgan fingerprint density at radius 1 is 0.958 bits per heavy atom. The van der Waals surface area contributed by atoms with Gasteiger partial charge >= 0.3 is 6.18 Å². The lowest BCUT2D eigenvalue weighted by molar-refractivity contribution is -0.137. The van der Waals surface area contributed by atoms with Crippen molar-refractivity contribution in [1.29, 1.82) is 0 Å². The number of aromatic nitrogens is 2. The van der Waals surface area contributed by atoms with Crippen LogP contribution in [0.15, 0.2) is 48.7 Å². The van der Waals surface area contributed by atoms with Gasteiger partial charge in [-0.3, -0.25) is 0 Å². The Balaban J connectivity index is 1.77. The van der Waals surface area contributed by atoms with Gasteiger partial charge in [-0.25, -0.2) is 4.98 Å². The van der Waals surface area contributed by atoms with Crippen LogP contribution in [-0.2, 0) is 12.6 Å². The number of rotatable bonds is 3. The van der Waals surface area contributed by atoms with Crippen LogP contribution in [0.4, 0.5) is 13.2 Å². The van der Waals surface area contributed by atoms with E-state index in [1.54, 1.807) is 18.3 Å². The minimum atomic E-state index is -4.33. The molecule has 0 bridgehead atoms. The van der Waals surface area contributed by atoms with Gasteiger partial charge in [0.15, 0.2) is 0 Å². The Bertz CT molecular complexity index is 855. The molecule has 7 heteroatoms. The van der Waals surface area contributed by atoms with Gasteiger partial charge in [-0.1, -0.05) is 41.4 Å². The molecule has 0 saturated heterocycles. The second kappa shape index (κ2) is 6.49. The first-order valence-electron chi connectivity index (χ1n) is 6.98. The summed E-state index contributed by atoms with van der Waals surface area (Å²) >= 11 is 11.9. The number of hydrogen-bond donors (Lipinski definition) is 1. The number of halogens is 5. The maximum Gasteiger partial charge on any atom is 0.416 e. The topological polar surface area (TPSA) is 28.7 Å². The van der Waals surface area contributed by atoms with Gasteiger partial charge in [0, 0.05) is 12.0 Å². The van der Waals surface area contributed by atoms with Crippen molar-refractivity contribution in [3.05, 3.63) is 75.7 Å². The van der Waals surface area contributed by atoms with Gasteiger partial charge in [0.05, 0.1) is 27.5 Å². The monoisotopic (exact) mass is 370 g/mol.